The Hall–Kier alpha value is -1.87. The van der Waals surface area contributed by atoms with E-state index in [-0.39, 0.29) is 5.56 Å². The summed E-state index contributed by atoms with van der Waals surface area (Å²) in [6.45, 7) is 1.93. The lowest BCUT2D eigenvalue weighted by molar-refractivity contribution is 0.0696. The van der Waals surface area contributed by atoms with Gasteiger partial charge in [0.25, 0.3) is 0 Å². The molecule has 1 aromatic carbocycles. The highest BCUT2D eigenvalue weighted by atomic mass is 35.5. The lowest BCUT2D eigenvalue weighted by atomic mass is 10.0. The van der Waals surface area contributed by atoms with Crippen molar-refractivity contribution in [3.05, 3.63) is 52.8 Å². The van der Waals surface area contributed by atoms with E-state index < -0.39 is 5.97 Å². The highest BCUT2D eigenvalue weighted by Crippen LogP contribution is 2.25. The fourth-order valence-electron chi connectivity index (χ4n) is 1.66. The first-order chi connectivity index (χ1) is 8.08. The van der Waals surface area contributed by atoms with Gasteiger partial charge in [-0.1, -0.05) is 17.7 Å². The van der Waals surface area contributed by atoms with Crippen LogP contribution in [0, 0.1) is 6.92 Å². The summed E-state index contributed by atoms with van der Waals surface area (Å²) in [6.07, 6.45) is 2.97. The zero-order chi connectivity index (χ0) is 12.4. The lowest BCUT2D eigenvalue weighted by Gasteiger charge is -2.06. The van der Waals surface area contributed by atoms with Crippen LogP contribution in [0.1, 0.15) is 15.9 Å². The highest BCUT2D eigenvalue weighted by Gasteiger charge is 2.07. The molecule has 0 fully saturated rings. The molecule has 2 aromatic rings. The van der Waals surface area contributed by atoms with Crippen LogP contribution in [0.5, 0.6) is 0 Å². The number of benzene rings is 1. The normalized spacial score (nSPS) is 10.2. The van der Waals surface area contributed by atoms with Gasteiger partial charge < -0.3 is 5.11 Å². The molecule has 0 bridgehead atoms. The third-order valence-corrected chi connectivity index (χ3v) is 2.72. The average molecular weight is 248 g/mol. The predicted octanol–water partition coefficient (Wildman–Crippen LogP) is 3.41. The zero-order valence-electron chi connectivity index (χ0n) is 9.14. The molecule has 0 amide bonds. The molecular weight excluding hydrogens is 238 g/mol. The number of aryl methyl sites for hydroxylation is 1. The van der Waals surface area contributed by atoms with Gasteiger partial charge in [-0.25, -0.2) is 4.79 Å². The van der Waals surface area contributed by atoms with E-state index in [9.17, 15) is 4.79 Å². The lowest BCUT2D eigenvalue weighted by Crippen LogP contribution is -1.97. The summed E-state index contributed by atoms with van der Waals surface area (Å²) in [5.41, 5.74) is 2.88. The molecule has 0 aliphatic rings. The topological polar surface area (TPSA) is 50.2 Å². The van der Waals surface area contributed by atoms with E-state index in [1.54, 1.807) is 18.3 Å². The molecule has 0 unspecified atom stereocenters. The number of carboxylic acid groups (broad SMARTS) is 1. The number of nitrogens with zero attached hydrogens (tertiary/aromatic N) is 1. The summed E-state index contributed by atoms with van der Waals surface area (Å²) in [5.74, 6) is -0.981. The fraction of sp³-hybridized carbons (Fsp3) is 0.0769. The van der Waals surface area contributed by atoms with Gasteiger partial charge in [0.05, 0.1) is 5.56 Å². The van der Waals surface area contributed by atoms with Gasteiger partial charge >= 0.3 is 5.97 Å². The smallest absolute Gasteiger partial charge is 0.337 e. The molecule has 0 spiro atoms. The molecule has 17 heavy (non-hydrogen) atoms. The Morgan fingerprint density at radius 3 is 2.71 bits per heavy atom. The number of carboxylic acids is 1. The van der Waals surface area contributed by atoms with Crippen molar-refractivity contribution in [3.63, 3.8) is 0 Å². The number of carbonyl (C=O) groups is 1. The molecule has 0 saturated heterocycles. The number of hydrogen-bond acceptors (Lipinski definition) is 2. The van der Waals surface area contributed by atoms with Crippen molar-refractivity contribution in [2.75, 3.05) is 0 Å². The minimum absolute atomic E-state index is 0.178. The molecule has 3 nitrogen and oxygen atoms in total. The first-order valence-electron chi connectivity index (χ1n) is 5.03. The summed E-state index contributed by atoms with van der Waals surface area (Å²) < 4.78 is 0. The Balaban J connectivity index is 2.53. The van der Waals surface area contributed by atoms with Crippen LogP contribution < -0.4 is 0 Å². The Labute approximate surface area is 104 Å². The van der Waals surface area contributed by atoms with Crippen LogP contribution >= 0.6 is 11.6 Å². The van der Waals surface area contributed by atoms with Crippen molar-refractivity contribution in [1.29, 1.82) is 0 Å². The van der Waals surface area contributed by atoms with E-state index in [2.05, 4.69) is 4.98 Å². The molecule has 2 rings (SSSR count). The van der Waals surface area contributed by atoms with Crippen LogP contribution in [0.2, 0.25) is 5.02 Å². The van der Waals surface area contributed by atoms with E-state index in [0.717, 1.165) is 16.7 Å². The van der Waals surface area contributed by atoms with Crippen LogP contribution in [0.3, 0.4) is 0 Å². The van der Waals surface area contributed by atoms with Crippen molar-refractivity contribution in [2.45, 2.75) is 6.92 Å². The van der Waals surface area contributed by atoms with Crippen LogP contribution in [0.25, 0.3) is 11.1 Å². The molecule has 1 heterocycles. The quantitative estimate of drug-likeness (QED) is 0.885. The number of rotatable bonds is 2. The maximum Gasteiger partial charge on any atom is 0.337 e. The summed E-state index contributed by atoms with van der Waals surface area (Å²) in [5, 5.41) is 9.57. The number of hydrogen-bond donors (Lipinski definition) is 1. The third-order valence-electron chi connectivity index (χ3n) is 2.48. The van der Waals surface area contributed by atoms with Crippen LogP contribution in [0.4, 0.5) is 0 Å². The number of aromatic carboxylic acids is 1. The van der Waals surface area contributed by atoms with Gasteiger partial charge in [-0.3, -0.25) is 4.98 Å². The van der Waals surface area contributed by atoms with Crippen molar-refractivity contribution in [3.8, 4) is 11.1 Å². The van der Waals surface area contributed by atoms with Crippen molar-refractivity contribution < 1.29 is 9.90 Å². The Morgan fingerprint density at radius 2 is 2.06 bits per heavy atom. The first-order valence-corrected chi connectivity index (χ1v) is 5.40. The number of pyridine rings is 1. The summed E-state index contributed by atoms with van der Waals surface area (Å²) >= 11 is 5.88. The van der Waals surface area contributed by atoms with Gasteiger partial charge in [0.15, 0.2) is 0 Å². The Kier molecular flexibility index (Phi) is 3.11. The van der Waals surface area contributed by atoms with Crippen LogP contribution in [0.15, 0.2) is 36.7 Å². The van der Waals surface area contributed by atoms with Gasteiger partial charge in [0.1, 0.15) is 0 Å². The maximum absolute atomic E-state index is 10.9. The molecular formula is C13H10ClNO2. The third kappa shape index (κ3) is 2.45. The Bertz CT molecular complexity index is 581. The van der Waals surface area contributed by atoms with E-state index in [0.29, 0.717) is 5.02 Å². The fourth-order valence-corrected chi connectivity index (χ4v) is 1.88. The molecule has 1 N–H and O–H groups in total. The zero-order valence-corrected chi connectivity index (χ0v) is 9.90. The van der Waals surface area contributed by atoms with Crippen molar-refractivity contribution in [1.82, 2.24) is 4.98 Å². The van der Waals surface area contributed by atoms with E-state index in [1.807, 2.05) is 19.1 Å². The molecule has 0 saturated carbocycles. The molecule has 4 heteroatoms. The number of halogens is 1. The summed E-state index contributed by atoms with van der Waals surface area (Å²) in [7, 11) is 0. The van der Waals surface area contributed by atoms with Gasteiger partial charge in [-0.05, 0) is 36.2 Å². The molecule has 86 valence electrons. The monoisotopic (exact) mass is 247 g/mol. The summed E-state index contributed by atoms with van der Waals surface area (Å²) in [4.78, 5) is 14.8. The largest absolute Gasteiger partial charge is 0.478 e. The van der Waals surface area contributed by atoms with Gasteiger partial charge in [-0.2, -0.15) is 0 Å². The van der Waals surface area contributed by atoms with Crippen LogP contribution in [-0.4, -0.2) is 16.1 Å². The molecule has 1 aromatic heterocycles. The molecule has 0 radical (unpaired) electrons. The second kappa shape index (κ2) is 4.55. The van der Waals surface area contributed by atoms with E-state index in [1.165, 1.54) is 6.20 Å². The maximum atomic E-state index is 10.9. The van der Waals surface area contributed by atoms with Crippen molar-refractivity contribution in [2.24, 2.45) is 0 Å². The van der Waals surface area contributed by atoms with E-state index >= 15 is 0 Å². The molecule has 0 aliphatic carbocycles. The minimum Gasteiger partial charge on any atom is -0.478 e. The molecule has 0 atom stereocenters. The highest BCUT2D eigenvalue weighted by molar-refractivity contribution is 6.30. The second-order valence-electron chi connectivity index (χ2n) is 3.73. The van der Waals surface area contributed by atoms with Gasteiger partial charge in [-0.15, -0.1) is 0 Å². The molecule has 0 aliphatic heterocycles. The van der Waals surface area contributed by atoms with Crippen LogP contribution in [-0.2, 0) is 0 Å². The SMILES string of the molecule is Cc1cc(Cl)ccc1-c1cncc(C(=O)O)c1. The standard InChI is InChI=1S/C13H10ClNO2/c1-8-4-11(14)2-3-12(8)9-5-10(13(16)17)7-15-6-9/h2-7H,1H3,(H,16,17). The predicted molar refractivity (Wildman–Crippen MR) is 66.4 cm³/mol. The van der Waals surface area contributed by atoms with Crippen molar-refractivity contribution >= 4 is 17.6 Å². The average Bonchev–Trinajstić information content (AvgIpc) is 2.29. The summed E-state index contributed by atoms with van der Waals surface area (Å²) in [6, 6.07) is 7.08. The first kappa shape index (κ1) is 11.6. The van der Waals surface area contributed by atoms with Gasteiger partial charge in [0.2, 0.25) is 0 Å². The van der Waals surface area contributed by atoms with E-state index in [4.69, 9.17) is 16.7 Å². The Morgan fingerprint density at radius 1 is 1.29 bits per heavy atom. The second-order valence-corrected chi connectivity index (χ2v) is 4.16. The number of aromatic nitrogens is 1. The van der Waals surface area contributed by atoms with Gasteiger partial charge in [0, 0.05) is 23.0 Å². The minimum atomic E-state index is -0.981.